The summed E-state index contributed by atoms with van der Waals surface area (Å²) in [5.74, 6) is 0.767. The van der Waals surface area contributed by atoms with Gasteiger partial charge in [-0.25, -0.2) is 13.4 Å². The maximum Gasteiger partial charge on any atom is 0.175 e. The van der Waals surface area contributed by atoms with Gasteiger partial charge in [-0.05, 0) is 43.3 Å². The standard InChI is InChI=1S/C19H18N2O3S/c1-13-12-20-18(14-4-8-16(24-2)9-5-14)19(21-13)15-6-10-17(11-7-15)25(3,22)23/h4-12H,1-3H3. The lowest BCUT2D eigenvalue weighted by Crippen LogP contribution is -1.98. The van der Waals surface area contributed by atoms with Crippen LogP contribution in [0.3, 0.4) is 0 Å². The van der Waals surface area contributed by atoms with Gasteiger partial charge >= 0.3 is 0 Å². The average Bonchev–Trinajstić information content (AvgIpc) is 2.61. The molecular weight excluding hydrogens is 336 g/mol. The van der Waals surface area contributed by atoms with Crippen LogP contribution in [0.2, 0.25) is 0 Å². The van der Waals surface area contributed by atoms with Crippen LogP contribution >= 0.6 is 0 Å². The zero-order valence-electron chi connectivity index (χ0n) is 14.2. The van der Waals surface area contributed by atoms with E-state index in [0.29, 0.717) is 5.69 Å². The summed E-state index contributed by atoms with van der Waals surface area (Å²) in [6.45, 7) is 1.87. The summed E-state index contributed by atoms with van der Waals surface area (Å²) in [6, 6.07) is 14.3. The van der Waals surface area contributed by atoms with E-state index in [4.69, 9.17) is 4.74 Å². The van der Waals surface area contributed by atoms with Crippen LogP contribution < -0.4 is 4.74 Å². The second-order valence-corrected chi connectivity index (χ2v) is 7.75. The lowest BCUT2D eigenvalue weighted by atomic mass is 10.0. The zero-order valence-corrected chi connectivity index (χ0v) is 15.0. The maximum absolute atomic E-state index is 11.6. The van der Waals surface area contributed by atoms with Crippen LogP contribution in [0.5, 0.6) is 5.75 Å². The third-order valence-corrected chi connectivity index (χ3v) is 4.94. The molecule has 0 spiro atoms. The molecule has 128 valence electrons. The summed E-state index contributed by atoms with van der Waals surface area (Å²) in [6.07, 6.45) is 2.91. The third-order valence-electron chi connectivity index (χ3n) is 3.81. The molecule has 0 saturated heterocycles. The molecular formula is C19H18N2O3S. The summed E-state index contributed by atoms with van der Waals surface area (Å²) < 4.78 is 28.5. The van der Waals surface area contributed by atoms with Crippen molar-refractivity contribution in [1.82, 2.24) is 9.97 Å². The highest BCUT2D eigenvalue weighted by atomic mass is 32.2. The van der Waals surface area contributed by atoms with Crippen LogP contribution in [0.25, 0.3) is 22.5 Å². The van der Waals surface area contributed by atoms with E-state index >= 15 is 0 Å². The Kier molecular flexibility index (Phi) is 4.55. The number of benzene rings is 2. The molecule has 0 bridgehead atoms. The molecule has 0 amide bonds. The van der Waals surface area contributed by atoms with Gasteiger partial charge in [0.1, 0.15) is 5.75 Å². The Morgan fingerprint density at radius 1 is 0.880 bits per heavy atom. The van der Waals surface area contributed by atoms with Crippen molar-refractivity contribution >= 4 is 9.84 Å². The first-order valence-corrected chi connectivity index (χ1v) is 9.56. The fourth-order valence-corrected chi connectivity index (χ4v) is 3.13. The first-order chi connectivity index (χ1) is 11.9. The van der Waals surface area contributed by atoms with Crippen molar-refractivity contribution in [2.75, 3.05) is 13.4 Å². The molecule has 0 aliphatic heterocycles. The molecule has 25 heavy (non-hydrogen) atoms. The molecule has 0 aliphatic carbocycles. The van der Waals surface area contributed by atoms with Gasteiger partial charge in [-0.3, -0.25) is 4.98 Å². The topological polar surface area (TPSA) is 69.2 Å². The Bertz CT molecular complexity index is 996. The van der Waals surface area contributed by atoms with Gasteiger partial charge in [0.2, 0.25) is 0 Å². The Labute approximate surface area is 147 Å². The molecule has 0 N–H and O–H groups in total. The van der Waals surface area contributed by atoms with Gasteiger partial charge < -0.3 is 4.74 Å². The zero-order chi connectivity index (χ0) is 18.0. The van der Waals surface area contributed by atoms with Gasteiger partial charge in [-0.2, -0.15) is 0 Å². The van der Waals surface area contributed by atoms with E-state index in [-0.39, 0.29) is 4.90 Å². The second-order valence-electron chi connectivity index (χ2n) is 5.73. The van der Waals surface area contributed by atoms with Gasteiger partial charge in [-0.15, -0.1) is 0 Å². The van der Waals surface area contributed by atoms with Crippen LogP contribution in [0, 0.1) is 6.92 Å². The summed E-state index contributed by atoms with van der Waals surface area (Å²) in [7, 11) is -1.61. The Morgan fingerprint density at radius 3 is 2.00 bits per heavy atom. The number of hydrogen-bond donors (Lipinski definition) is 0. The predicted octanol–water partition coefficient (Wildman–Crippen LogP) is 3.53. The van der Waals surface area contributed by atoms with E-state index in [9.17, 15) is 8.42 Å². The van der Waals surface area contributed by atoms with E-state index in [0.717, 1.165) is 28.3 Å². The number of hydrogen-bond acceptors (Lipinski definition) is 5. The summed E-state index contributed by atoms with van der Waals surface area (Å²) in [5.41, 5.74) is 3.97. The van der Waals surface area contributed by atoms with Gasteiger partial charge in [0, 0.05) is 23.6 Å². The molecule has 3 rings (SSSR count). The number of aryl methyl sites for hydroxylation is 1. The fourth-order valence-electron chi connectivity index (χ4n) is 2.50. The minimum Gasteiger partial charge on any atom is -0.497 e. The van der Waals surface area contributed by atoms with Crippen molar-refractivity contribution in [3.63, 3.8) is 0 Å². The number of ether oxygens (including phenoxy) is 1. The fraction of sp³-hybridized carbons (Fsp3) is 0.158. The van der Waals surface area contributed by atoms with Gasteiger partial charge in [0.05, 0.1) is 29.1 Å². The lowest BCUT2D eigenvalue weighted by Gasteiger charge is -2.10. The van der Waals surface area contributed by atoms with Crippen molar-refractivity contribution in [1.29, 1.82) is 0 Å². The van der Waals surface area contributed by atoms with Crippen molar-refractivity contribution < 1.29 is 13.2 Å². The average molecular weight is 354 g/mol. The summed E-state index contributed by atoms with van der Waals surface area (Å²) >= 11 is 0. The number of aromatic nitrogens is 2. The first-order valence-electron chi connectivity index (χ1n) is 7.67. The van der Waals surface area contributed by atoms with Crippen molar-refractivity contribution in [2.24, 2.45) is 0 Å². The smallest absolute Gasteiger partial charge is 0.175 e. The molecule has 0 unspecified atom stereocenters. The van der Waals surface area contributed by atoms with E-state index < -0.39 is 9.84 Å². The largest absolute Gasteiger partial charge is 0.497 e. The molecule has 3 aromatic rings. The molecule has 0 fully saturated rings. The van der Waals surface area contributed by atoms with Crippen LogP contribution in [-0.2, 0) is 9.84 Å². The Hall–Kier alpha value is -2.73. The predicted molar refractivity (Wildman–Crippen MR) is 97.3 cm³/mol. The van der Waals surface area contributed by atoms with Crippen LogP contribution in [0.1, 0.15) is 5.69 Å². The minimum atomic E-state index is -3.23. The molecule has 5 nitrogen and oxygen atoms in total. The van der Waals surface area contributed by atoms with Crippen LogP contribution in [-0.4, -0.2) is 31.8 Å². The molecule has 6 heteroatoms. The van der Waals surface area contributed by atoms with Crippen molar-refractivity contribution in [3.05, 3.63) is 60.4 Å². The normalized spacial score (nSPS) is 11.3. The minimum absolute atomic E-state index is 0.280. The van der Waals surface area contributed by atoms with Gasteiger partial charge in [0.15, 0.2) is 9.84 Å². The van der Waals surface area contributed by atoms with E-state index in [2.05, 4.69) is 9.97 Å². The molecule has 1 aromatic heterocycles. The number of methoxy groups -OCH3 is 1. The lowest BCUT2D eigenvalue weighted by molar-refractivity contribution is 0.415. The molecule has 1 heterocycles. The quantitative estimate of drug-likeness (QED) is 0.717. The van der Waals surface area contributed by atoms with Crippen LogP contribution in [0.4, 0.5) is 0 Å². The monoisotopic (exact) mass is 354 g/mol. The molecule has 0 saturated carbocycles. The highest BCUT2D eigenvalue weighted by Gasteiger charge is 2.13. The molecule has 0 radical (unpaired) electrons. The van der Waals surface area contributed by atoms with Gasteiger partial charge in [-0.1, -0.05) is 12.1 Å². The first kappa shape index (κ1) is 17.1. The molecule has 2 aromatic carbocycles. The number of nitrogens with zero attached hydrogens (tertiary/aromatic N) is 2. The van der Waals surface area contributed by atoms with E-state index in [1.807, 2.05) is 31.2 Å². The van der Waals surface area contributed by atoms with E-state index in [1.54, 1.807) is 37.6 Å². The van der Waals surface area contributed by atoms with Crippen molar-refractivity contribution in [2.45, 2.75) is 11.8 Å². The number of sulfone groups is 1. The van der Waals surface area contributed by atoms with E-state index in [1.165, 1.54) is 6.26 Å². The second kappa shape index (κ2) is 6.64. The highest BCUT2D eigenvalue weighted by Crippen LogP contribution is 2.30. The summed E-state index contributed by atoms with van der Waals surface area (Å²) in [4.78, 5) is 9.42. The Balaban J connectivity index is 2.10. The molecule has 0 aliphatic rings. The van der Waals surface area contributed by atoms with Crippen molar-refractivity contribution in [3.8, 4) is 28.3 Å². The highest BCUT2D eigenvalue weighted by molar-refractivity contribution is 7.90. The SMILES string of the molecule is COc1ccc(-c2ncc(C)nc2-c2ccc(S(C)(=O)=O)cc2)cc1. The van der Waals surface area contributed by atoms with Gasteiger partial charge in [0.25, 0.3) is 0 Å². The van der Waals surface area contributed by atoms with Crippen LogP contribution in [0.15, 0.2) is 59.6 Å². The number of rotatable bonds is 4. The summed E-state index contributed by atoms with van der Waals surface area (Å²) in [5, 5.41) is 0. The molecule has 0 atom stereocenters. The third kappa shape index (κ3) is 3.69. The Morgan fingerprint density at radius 2 is 1.44 bits per heavy atom. The maximum atomic E-state index is 11.6.